The fourth-order valence-corrected chi connectivity index (χ4v) is 1.82. The molecule has 0 radical (unpaired) electrons. The molecule has 0 aromatic heterocycles. The maximum atomic E-state index is 11.9. The Bertz CT molecular complexity index is 513. The number of halogens is 1. The van der Waals surface area contributed by atoms with Gasteiger partial charge in [-0.3, -0.25) is 4.79 Å². The molecule has 1 fully saturated rings. The van der Waals surface area contributed by atoms with Crippen LogP contribution in [0.3, 0.4) is 0 Å². The zero-order valence-corrected chi connectivity index (χ0v) is 11.1. The van der Waals surface area contributed by atoms with Crippen molar-refractivity contribution in [1.82, 2.24) is 5.32 Å². The average molecular weight is 284 g/mol. The highest BCUT2D eigenvalue weighted by Crippen LogP contribution is 2.35. The predicted molar refractivity (Wildman–Crippen MR) is 69.3 cm³/mol. The number of ether oxygens (including phenoxy) is 1. The van der Waals surface area contributed by atoms with Crippen LogP contribution in [0.5, 0.6) is 5.75 Å². The molecule has 0 saturated heterocycles. The van der Waals surface area contributed by atoms with Crippen molar-refractivity contribution in [2.75, 3.05) is 0 Å². The lowest BCUT2D eigenvalue weighted by atomic mass is 10.2. The van der Waals surface area contributed by atoms with Crippen LogP contribution in [-0.2, 0) is 9.59 Å². The minimum atomic E-state index is -1.10. The van der Waals surface area contributed by atoms with Crippen LogP contribution in [0.4, 0.5) is 0 Å². The fourth-order valence-electron chi connectivity index (χ4n) is 1.64. The number of para-hydroxylation sites is 1. The predicted octanol–water partition coefficient (Wildman–Crippen LogP) is 1.84. The van der Waals surface area contributed by atoms with Crippen LogP contribution in [0.2, 0.25) is 5.02 Å². The van der Waals surface area contributed by atoms with Crippen LogP contribution in [0.25, 0.3) is 0 Å². The zero-order chi connectivity index (χ0) is 14.0. The van der Waals surface area contributed by atoms with Crippen LogP contribution in [-0.4, -0.2) is 28.6 Å². The second-order valence-corrected chi connectivity index (χ2v) is 4.97. The van der Waals surface area contributed by atoms with Crippen molar-refractivity contribution in [2.45, 2.75) is 31.4 Å². The molecule has 19 heavy (non-hydrogen) atoms. The van der Waals surface area contributed by atoms with Crippen molar-refractivity contribution in [3.63, 3.8) is 0 Å². The van der Waals surface area contributed by atoms with E-state index >= 15 is 0 Å². The van der Waals surface area contributed by atoms with Gasteiger partial charge < -0.3 is 15.2 Å². The van der Waals surface area contributed by atoms with E-state index in [1.807, 2.05) is 0 Å². The van der Waals surface area contributed by atoms with Crippen molar-refractivity contribution >= 4 is 23.5 Å². The van der Waals surface area contributed by atoms with E-state index in [2.05, 4.69) is 5.32 Å². The van der Waals surface area contributed by atoms with Gasteiger partial charge in [0.2, 0.25) is 0 Å². The van der Waals surface area contributed by atoms with E-state index in [1.165, 1.54) is 0 Å². The molecule has 6 heteroatoms. The van der Waals surface area contributed by atoms with Gasteiger partial charge in [-0.25, -0.2) is 4.79 Å². The van der Waals surface area contributed by atoms with Crippen LogP contribution >= 0.6 is 11.6 Å². The monoisotopic (exact) mass is 283 g/mol. The summed E-state index contributed by atoms with van der Waals surface area (Å²) in [5, 5.41) is 11.9. The maximum absolute atomic E-state index is 11.9. The summed E-state index contributed by atoms with van der Waals surface area (Å²) in [4.78, 5) is 22.9. The molecule has 1 aliphatic rings. The van der Waals surface area contributed by atoms with Crippen molar-refractivity contribution in [1.29, 1.82) is 0 Å². The van der Waals surface area contributed by atoms with Crippen LogP contribution in [0.1, 0.15) is 19.8 Å². The molecule has 5 nitrogen and oxygen atoms in total. The zero-order valence-electron chi connectivity index (χ0n) is 10.4. The Morgan fingerprint density at radius 3 is 2.58 bits per heavy atom. The van der Waals surface area contributed by atoms with Crippen LogP contribution < -0.4 is 10.1 Å². The van der Waals surface area contributed by atoms with E-state index in [4.69, 9.17) is 21.4 Å². The summed E-state index contributed by atoms with van der Waals surface area (Å²) in [5.74, 6) is -1.07. The lowest BCUT2D eigenvalue weighted by Gasteiger charge is -2.18. The molecule has 2 N–H and O–H groups in total. The normalized spacial score (nSPS) is 17.4. The SMILES string of the molecule is CC(Oc1ccccc1Cl)C(=O)NC1(C(=O)O)CC1. The van der Waals surface area contributed by atoms with Crippen LogP contribution in [0, 0.1) is 0 Å². The number of benzene rings is 1. The van der Waals surface area contributed by atoms with Crippen molar-refractivity contribution in [3.05, 3.63) is 29.3 Å². The van der Waals surface area contributed by atoms with E-state index in [0.29, 0.717) is 23.6 Å². The second kappa shape index (κ2) is 5.09. The summed E-state index contributed by atoms with van der Waals surface area (Å²) >= 11 is 5.92. The first-order valence-corrected chi connectivity index (χ1v) is 6.29. The average Bonchev–Trinajstić information content (AvgIpc) is 3.13. The maximum Gasteiger partial charge on any atom is 0.329 e. The van der Waals surface area contributed by atoms with Crippen molar-refractivity contribution in [2.24, 2.45) is 0 Å². The Balaban J connectivity index is 1.97. The summed E-state index contributed by atoms with van der Waals surface area (Å²) in [7, 11) is 0. The fraction of sp³-hybridized carbons (Fsp3) is 0.385. The number of carboxylic acid groups (broad SMARTS) is 1. The third-order valence-corrected chi connectivity index (χ3v) is 3.34. The summed E-state index contributed by atoms with van der Waals surface area (Å²) in [6.45, 7) is 1.55. The standard InChI is InChI=1S/C13H14ClNO4/c1-8(19-10-5-3-2-4-9(10)14)11(16)15-13(6-7-13)12(17)18/h2-5,8H,6-7H2,1H3,(H,15,16)(H,17,18). The summed E-state index contributed by atoms with van der Waals surface area (Å²) in [6.07, 6.45) is 0.0940. The number of amides is 1. The number of carbonyl (C=O) groups is 2. The van der Waals surface area contributed by atoms with E-state index in [0.717, 1.165) is 0 Å². The second-order valence-electron chi connectivity index (χ2n) is 4.57. The number of hydrogen-bond acceptors (Lipinski definition) is 3. The van der Waals surface area contributed by atoms with Crippen molar-refractivity contribution < 1.29 is 19.4 Å². The highest BCUT2D eigenvalue weighted by atomic mass is 35.5. The lowest BCUT2D eigenvalue weighted by Crippen LogP contribution is -2.48. The molecule has 1 saturated carbocycles. The minimum absolute atomic E-state index is 0.395. The molecular formula is C13H14ClNO4. The van der Waals surface area contributed by atoms with Crippen LogP contribution in [0.15, 0.2) is 24.3 Å². The van der Waals surface area contributed by atoms with Gasteiger partial charge in [0.15, 0.2) is 6.10 Å². The molecule has 2 rings (SSSR count). The minimum Gasteiger partial charge on any atom is -0.480 e. The first-order valence-electron chi connectivity index (χ1n) is 5.91. The number of carbonyl (C=O) groups excluding carboxylic acids is 1. The summed E-state index contributed by atoms with van der Waals surface area (Å²) < 4.78 is 5.42. The number of rotatable bonds is 5. The van der Waals surface area contributed by atoms with Gasteiger partial charge in [0.1, 0.15) is 11.3 Å². The van der Waals surface area contributed by atoms with Gasteiger partial charge in [-0.2, -0.15) is 0 Å². The lowest BCUT2D eigenvalue weighted by molar-refractivity contribution is -0.144. The number of nitrogens with one attached hydrogen (secondary N) is 1. The van der Waals surface area contributed by atoms with Gasteiger partial charge in [-0.1, -0.05) is 23.7 Å². The highest BCUT2D eigenvalue weighted by Gasteiger charge is 2.52. The van der Waals surface area contributed by atoms with Gasteiger partial charge in [-0.05, 0) is 31.9 Å². The Morgan fingerprint density at radius 2 is 2.05 bits per heavy atom. The first kappa shape index (κ1) is 13.7. The topological polar surface area (TPSA) is 75.6 Å². The molecule has 1 aromatic carbocycles. The number of carboxylic acids is 1. The molecule has 102 valence electrons. The Hall–Kier alpha value is -1.75. The summed E-state index contributed by atoms with van der Waals surface area (Å²) in [6, 6.07) is 6.80. The Labute approximate surface area is 115 Å². The molecule has 1 aromatic rings. The van der Waals surface area contributed by atoms with E-state index in [-0.39, 0.29) is 0 Å². The molecule has 1 amide bonds. The third-order valence-electron chi connectivity index (χ3n) is 3.03. The molecule has 1 unspecified atom stereocenters. The quantitative estimate of drug-likeness (QED) is 0.864. The number of hydrogen-bond donors (Lipinski definition) is 2. The Kier molecular flexibility index (Phi) is 3.66. The molecular weight excluding hydrogens is 270 g/mol. The first-order chi connectivity index (χ1) is 8.94. The van der Waals surface area contributed by atoms with Gasteiger partial charge >= 0.3 is 5.97 Å². The molecule has 0 spiro atoms. The highest BCUT2D eigenvalue weighted by molar-refractivity contribution is 6.32. The van der Waals surface area contributed by atoms with E-state index < -0.39 is 23.5 Å². The van der Waals surface area contributed by atoms with Gasteiger partial charge in [0, 0.05) is 0 Å². The number of aliphatic carboxylic acids is 1. The smallest absolute Gasteiger partial charge is 0.329 e. The Morgan fingerprint density at radius 1 is 1.42 bits per heavy atom. The van der Waals surface area contributed by atoms with Gasteiger partial charge in [-0.15, -0.1) is 0 Å². The largest absolute Gasteiger partial charge is 0.480 e. The van der Waals surface area contributed by atoms with Crippen molar-refractivity contribution in [3.8, 4) is 5.75 Å². The summed E-state index contributed by atoms with van der Waals surface area (Å²) in [5.41, 5.74) is -1.10. The third kappa shape index (κ3) is 2.98. The van der Waals surface area contributed by atoms with E-state index in [9.17, 15) is 9.59 Å². The van der Waals surface area contributed by atoms with Gasteiger partial charge in [0.25, 0.3) is 5.91 Å². The molecule has 1 aliphatic carbocycles. The molecule has 0 heterocycles. The van der Waals surface area contributed by atoms with Gasteiger partial charge in [0.05, 0.1) is 5.02 Å². The molecule has 0 bridgehead atoms. The molecule has 1 atom stereocenters. The molecule has 0 aliphatic heterocycles. The van der Waals surface area contributed by atoms with E-state index in [1.54, 1.807) is 31.2 Å².